The molecule has 8 heteroatoms. The summed E-state index contributed by atoms with van der Waals surface area (Å²) in [6.07, 6.45) is 0.793. The molecule has 4 N–H and O–H groups in total. The molecule has 1 aliphatic heterocycles. The Kier molecular flexibility index (Phi) is 3.88. The Morgan fingerprint density at radius 2 is 2.33 bits per heavy atom. The predicted octanol–water partition coefficient (Wildman–Crippen LogP) is 0.0321. The lowest BCUT2D eigenvalue weighted by Crippen LogP contribution is -2.29. The van der Waals surface area contributed by atoms with E-state index >= 15 is 0 Å². The van der Waals surface area contributed by atoms with Crippen LogP contribution in [0.3, 0.4) is 0 Å². The third kappa shape index (κ3) is 2.82. The Morgan fingerprint density at radius 3 is 2.94 bits per heavy atom. The molecular formula is C10H16N4O2S2. The van der Waals surface area contributed by atoms with Gasteiger partial charge in [-0.05, 0) is 23.8 Å². The van der Waals surface area contributed by atoms with Crippen LogP contribution in [0, 0.1) is 5.92 Å². The van der Waals surface area contributed by atoms with E-state index in [1.54, 1.807) is 17.5 Å². The van der Waals surface area contributed by atoms with Crippen LogP contribution in [-0.4, -0.2) is 38.3 Å². The van der Waals surface area contributed by atoms with Gasteiger partial charge in [0.25, 0.3) is 10.0 Å². The van der Waals surface area contributed by atoms with Crippen molar-refractivity contribution in [1.82, 2.24) is 4.31 Å². The fraction of sp³-hybridized carbons (Fsp3) is 0.500. The van der Waals surface area contributed by atoms with Crippen molar-refractivity contribution < 1.29 is 8.42 Å². The van der Waals surface area contributed by atoms with Gasteiger partial charge < -0.3 is 11.5 Å². The number of hydrogen-bond donors (Lipinski definition) is 2. The van der Waals surface area contributed by atoms with E-state index in [2.05, 4.69) is 4.99 Å². The Hall–Kier alpha value is -1.12. The number of sulfonamides is 1. The summed E-state index contributed by atoms with van der Waals surface area (Å²) >= 11 is 1.24. The van der Waals surface area contributed by atoms with Gasteiger partial charge in [0.15, 0.2) is 5.96 Å². The van der Waals surface area contributed by atoms with Crippen LogP contribution < -0.4 is 11.5 Å². The van der Waals surface area contributed by atoms with E-state index in [0.29, 0.717) is 23.8 Å². The van der Waals surface area contributed by atoms with Gasteiger partial charge in [0.1, 0.15) is 4.21 Å². The molecule has 1 aliphatic rings. The van der Waals surface area contributed by atoms with Crippen LogP contribution in [0.25, 0.3) is 0 Å². The van der Waals surface area contributed by atoms with Gasteiger partial charge in [0.05, 0.1) is 0 Å². The van der Waals surface area contributed by atoms with Crippen molar-refractivity contribution in [3.63, 3.8) is 0 Å². The number of aliphatic imine (C=N–C) groups is 1. The number of hydrogen-bond acceptors (Lipinski definition) is 4. The van der Waals surface area contributed by atoms with Crippen molar-refractivity contribution in [3.05, 3.63) is 17.5 Å². The maximum absolute atomic E-state index is 12.2. The third-order valence-electron chi connectivity index (χ3n) is 2.87. The lowest BCUT2D eigenvalue weighted by molar-refractivity contribution is 0.461. The van der Waals surface area contributed by atoms with Crippen molar-refractivity contribution in [2.45, 2.75) is 10.6 Å². The molecule has 0 radical (unpaired) electrons. The average molecular weight is 288 g/mol. The number of rotatable bonds is 4. The molecule has 0 aliphatic carbocycles. The topological polar surface area (TPSA) is 102 Å². The van der Waals surface area contributed by atoms with Gasteiger partial charge in [0, 0.05) is 19.6 Å². The van der Waals surface area contributed by atoms with Crippen molar-refractivity contribution in [3.8, 4) is 0 Å². The highest BCUT2D eigenvalue weighted by molar-refractivity contribution is 7.91. The van der Waals surface area contributed by atoms with Crippen LogP contribution in [0.4, 0.5) is 0 Å². The largest absolute Gasteiger partial charge is 0.370 e. The number of nitrogens with two attached hydrogens (primary N) is 2. The minimum absolute atomic E-state index is 0.0505. The highest BCUT2D eigenvalue weighted by Crippen LogP contribution is 2.26. The van der Waals surface area contributed by atoms with Crippen LogP contribution in [0.5, 0.6) is 0 Å². The normalized spacial score (nSPS) is 21.0. The Morgan fingerprint density at radius 1 is 1.56 bits per heavy atom. The molecule has 0 saturated carbocycles. The SMILES string of the molecule is NC(N)=NCC1CCN(S(=O)(=O)c2cccs2)C1. The monoisotopic (exact) mass is 288 g/mol. The highest BCUT2D eigenvalue weighted by Gasteiger charge is 2.32. The molecule has 1 unspecified atom stereocenters. The minimum atomic E-state index is -3.33. The third-order valence-corrected chi connectivity index (χ3v) is 6.11. The number of guanidine groups is 1. The van der Waals surface area contributed by atoms with Gasteiger partial charge >= 0.3 is 0 Å². The molecule has 1 saturated heterocycles. The molecule has 1 aromatic rings. The Balaban J connectivity index is 2.03. The molecule has 0 amide bonds. The molecule has 6 nitrogen and oxygen atoms in total. The fourth-order valence-corrected chi connectivity index (χ4v) is 4.61. The van der Waals surface area contributed by atoms with E-state index < -0.39 is 10.0 Å². The summed E-state index contributed by atoms with van der Waals surface area (Å²) < 4.78 is 26.4. The molecule has 100 valence electrons. The second-order valence-electron chi connectivity index (χ2n) is 4.22. The van der Waals surface area contributed by atoms with E-state index in [0.717, 1.165) is 6.42 Å². The molecule has 2 heterocycles. The first-order valence-electron chi connectivity index (χ1n) is 5.59. The summed E-state index contributed by atoms with van der Waals surface area (Å²) in [6.45, 7) is 1.50. The molecule has 2 rings (SSSR count). The van der Waals surface area contributed by atoms with E-state index in [-0.39, 0.29) is 11.9 Å². The van der Waals surface area contributed by atoms with Crippen LogP contribution in [-0.2, 0) is 10.0 Å². The quantitative estimate of drug-likeness (QED) is 0.603. The van der Waals surface area contributed by atoms with E-state index in [4.69, 9.17) is 11.5 Å². The molecule has 0 aromatic carbocycles. The summed E-state index contributed by atoms with van der Waals surface area (Å²) in [4.78, 5) is 3.94. The van der Waals surface area contributed by atoms with Crippen LogP contribution in [0.15, 0.2) is 26.7 Å². The average Bonchev–Trinajstić information content (AvgIpc) is 2.98. The smallest absolute Gasteiger partial charge is 0.252 e. The summed E-state index contributed by atoms with van der Waals surface area (Å²) in [5.41, 5.74) is 10.5. The van der Waals surface area contributed by atoms with Crippen molar-refractivity contribution in [1.29, 1.82) is 0 Å². The van der Waals surface area contributed by atoms with Crippen molar-refractivity contribution in [2.75, 3.05) is 19.6 Å². The van der Waals surface area contributed by atoms with Crippen molar-refractivity contribution in [2.24, 2.45) is 22.4 Å². The van der Waals surface area contributed by atoms with Crippen LogP contribution in [0.2, 0.25) is 0 Å². The summed E-state index contributed by atoms with van der Waals surface area (Å²) in [5.74, 6) is 0.247. The lowest BCUT2D eigenvalue weighted by Gasteiger charge is -2.14. The molecule has 0 bridgehead atoms. The standard InChI is InChI=1S/C10H16N4O2S2/c11-10(12)13-6-8-3-4-14(7-8)18(15,16)9-2-1-5-17-9/h1-2,5,8H,3-4,6-7H2,(H4,11,12,13). The number of nitrogens with zero attached hydrogens (tertiary/aromatic N) is 2. The summed E-state index contributed by atoms with van der Waals surface area (Å²) in [5, 5.41) is 1.76. The fourth-order valence-electron chi connectivity index (χ4n) is 1.94. The van der Waals surface area contributed by atoms with E-state index in [9.17, 15) is 8.42 Å². The highest BCUT2D eigenvalue weighted by atomic mass is 32.2. The van der Waals surface area contributed by atoms with E-state index in [1.165, 1.54) is 15.6 Å². The zero-order valence-corrected chi connectivity index (χ0v) is 11.5. The van der Waals surface area contributed by atoms with Gasteiger partial charge in [-0.25, -0.2) is 8.42 Å². The minimum Gasteiger partial charge on any atom is -0.370 e. The van der Waals surface area contributed by atoms with Gasteiger partial charge in [-0.1, -0.05) is 6.07 Å². The lowest BCUT2D eigenvalue weighted by atomic mass is 10.1. The molecule has 1 atom stereocenters. The van der Waals surface area contributed by atoms with Crippen molar-refractivity contribution >= 4 is 27.3 Å². The maximum atomic E-state index is 12.2. The first kappa shape index (κ1) is 13.3. The van der Waals surface area contributed by atoms with Crippen LogP contribution >= 0.6 is 11.3 Å². The molecule has 1 fully saturated rings. The van der Waals surface area contributed by atoms with Gasteiger partial charge in [-0.15, -0.1) is 11.3 Å². The summed E-state index contributed by atoms with van der Waals surface area (Å²) in [6, 6.07) is 3.37. The zero-order chi connectivity index (χ0) is 13.2. The second kappa shape index (κ2) is 5.25. The maximum Gasteiger partial charge on any atom is 0.252 e. The molecule has 1 aromatic heterocycles. The first-order valence-corrected chi connectivity index (χ1v) is 7.91. The molecule has 18 heavy (non-hydrogen) atoms. The number of thiophene rings is 1. The molecular weight excluding hydrogens is 272 g/mol. The van der Waals surface area contributed by atoms with Gasteiger partial charge in [-0.3, -0.25) is 4.99 Å². The second-order valence-corrected chi connectivity index (χ2v) is 7.33. The summed E-state index contributed by atoms with van der Waals surface area (Å²) in [7, 11) is -3.33. The first-order chi connectivity index (χ1) is 8.50. The Bertz CT molecular complexity index is 520. The Labute approximate surface area is 110 Å². The van der Waals surface area contributed by atoms with E-state index in [1.807, 2.05) is 0 Å². The molecule has 0 spiro atoms. The van der Waals surface area contributed by atoms with Gasteiger partial charge in [0.2, 0.25) is 0 Å². The van der Waals surface area contributed by atoms with Crippen LogP contribution in [0.1, 0.15) is 6.42 Å². The zero-order valence-electron chi connectivity index (χ0n) is 9.82. The van der Waals surface area contributed by atoms with Gasteiger partial charge in [-0.2, -0.15) is 4.31 Å². The predicted molar refractivity (Wildman–Crippen MR) is 71.9 cm³/mol.